The molecule has 1 fully saturated rings. The Bertz CT molecular complexity index is 978. The molecule has 4 rings (SSSR count). The van der Waals surface area contributed by atoms with Crippen LogP contribution in [-0.4, -0.2) is 52.8 Å². The predicted octanol–water partition coefficient (Wildman–Crippen LogP) is 3.58. The molecular formula is C20H18ClN3O3S. The summed E-state index contributed by atoms with van der Waals surface area (Å²) in [5.74, 6) is 0.205. The average Bonchev–Trinajstić information content (AvgIpc) is 3.40. The Morgan fingerprint density at radius 1 is 1.07 bits per heavy atom. The highest BCUT2D eigenvalue weighted by Gasteiger charge is 2.26. The van der Waals surface area contributed by atoms with E-state index >= 15 is 0 Å². The minimum absolute atomic E-state index is 0.0149. The number of halogens is 1. The van der Waals surface area contributed by atoms with Crippen molar-refractivity contribution >= 4 is 34.8 Å². The summed E-state index contributed by atoms with van der Waals surface area (Å²) in [6.07, 6.45) is 1.73. The summed E-state index contributed by atoms with van der Waals surface area (Å²) >= 11 is 7.70. The summed E-state index contributed by atoms with van der Waals surface area (Å²) in [5.41, 5.74) is 1.61. The van der Waals surface area contributed by atoms with Crippen LogP contribution in [0.3, 0.4) is 0 Å². The molecule has 0 spiro atoms. The number of carbonyl (C=O) groups excluding carboxylic acids is 2. The second-order valence-electron chi connectivity index (χ2n) is 6.45. The second kappa shape index (κ2) is 8.16. The van der Waals surface area contributed by atoms with Crippen molar-refractivity contribution in [3.8, 4) is 10.6 Å². The lowest BCUT2D eigenvalue weighted by Gasteiger charge is -2.34. The maximum atomic E-state index is 12.6. The molecule has 1 aliphatic rings. The standard InChI is InChI=1S/C20H18ClN3O3S/c21-16-5-2-1-4-15(16)19-22-14(13-28-19)12-18(25)23-7-9-24(10-8-23)20(26)17-6-3-11-27-17/h1-6,11,13H,7-10,12H2. The van der Waals surface area contributed by atoms with Gasteiger partial charge in [-0.1, -0.05) is 29.8 Å². The third kappa shape index (κ3) is 3.95. The van der Waals surface area contributed by atoms with E-state index in [2.05, 4.69) is 4.98 Å². The smallest absolute Gasteiger partial charge is 0.289 e. The Morgan fingerprint density at radius 3 is 2.54 bits per heavy atom. The Balaban J connectivity index is 1.34. The van der Waals surface area contributed by atoms with Crippen molar-refractivity contribution in [2.24, 2.45) is 0 Å². The molecule has 0 aliphatic carbocycles. The van der Waals surface area contributed by atoms with Crippen molar-refractivity contribution < 1.29 is 14.0 Å². The molecule has 144 valence electrons. The van der Waals surface area contributed by atoms with Gasteiger partial charge in [-0.05, 0) is 18.2 Å². The summed E-state index contributed by atoms with van der Waals surface area (Å²) < 4.78 is 5.16. The third-order valence-corrected chi connectivity index (χ3v) is 5.89. The van der Waals surface area contributed by atoms with Crippen LogP contribution in [0.4, 0.5) is 0 Å². The van der Waals surface area contributed by atoms with Crippen LogP contribution in [0.1, 0.15) is 16.2 Å². The Morgan fingerprint density at radius 2 is 1.82 bits per heavy atom. The third-order valence-electron chi connectivity index (χ3n) is 4.64. The zero-order valence-corrected chi connectivity index (χ0v) is 16.6. The van der Waals surface area contributed by atoms with Gasteiger partial charge in [-0.25, -0.2) is 4.98 Å². The average molecular weight is 416 g/mol. The van der Waals surface area contributed by atoms with Crippen molar-refractivity contribution in [3.05, 3.63) is 64.5 Å². The maximum absolute atomic E-state index is 12.6. The molecule has 2 amide bonds. The van der Waals surface area contributed by atoms with Crippen LogP contribution in [0.25, 0.3) is 10.6 Å². The molecule has 0 N–H and O–H groups in total. The van der Waals surface area contributed by atoms with Gasteiger partial charge in [0.25, 0.3) is 5.91 Å². The molecule has 0 atom stereocenters. The fraction of sp³-hybridized carbons (Fsp3) is 0.250. The van der Waals surface area contributed by atoms with Crippen molar-refractivity contribution in [2.45, 2.75) is 6.42 Å². The molecule has 28 heavy (non-hydrogen) atoms. The quantitative estimate of drug-likeness (QED) is 0.653. The lowest BCUT2D eigenvalue weighted by molar-refractivity contribution is -0.132. The Hall–Kier alpha value is -2.64. The molecule has 0 saturated carbocycles. The largest absolute Gasteiger partial charge is 0.459 e. The van der Waals surface area contributed by atoms with E-state index in [4.69, 9.17) is 16.0 Å². The monoisotopic (exact) mass is 415 g/mol. The first-order chi connectivity index (χ1) is 13.6. The highest BCUT2D eigenvalue weighted by Crippen LogP contribution is 2.30. The molecule has 0 bridgehead atoms. The number of hydrogen-bond donors (Lipinski definition) is 0. The van der Waals surface area contributed by atoms with Gasteiger partial charge in [-0.2, -0.15) is 0 Å². The van der Waals surface area contributed by atoms with Gasteiger partial charge >= 0.3 is 0 Å². The van der Waals surface area contributed by atoms with Crippen molar-refractivity contribution in [1.82, 2.24) is 14.8 Å². The molecule has 1 aliphatic heterocycles. The molecule has 1 aromatic carbocycles. The van der Waals surface area contributed by atoms with Gasteiger partial charge in [0.15, 0.2) is 5.76 Å². The summed E-state index contributed by atoms with van der Waals surface area (Å²) in [6, 6.07) is 10.9. The van der Waals surface area contributed by atoms with Crippen LogP contribution in [-0.2, 0) is 11.2 Å². The number of piperazine rings is 1. The number of rotatable bonds is 4. The number of benzene rings is 1. The molecule has 8 heteroatoms. The molecule has 6 nitrogen and oxygen atoms in total. The van der Waals surface area contributed by atoms with E-state index in [-0.39, 0.29) is 18.2 Å². The number of amides is 2. The molecular weight excluding hydrogens is 398 g/mol. The van der Waals surface area contributed by atoms with Gasteiger partial charge in [0.1, 0.15) is 5.01 Å². The van der Waals surface area contributed by atoms with Crippen LogP contribution in [0, 0.1) is 0 Å². The predicted molar refractivity (Wildman–Crippen MR) is 107 cm³/mol. The van der Waals surface area contributed by atoms with Gasteiger partial charge in [0, 0.05) is 37.1 Å². The van der Waals surface area contributed by atoms with Gasteiger partial charge in [0.2, 0.25) is 5.91 Å². The van der Waals surface area contributed by atoms with E-state index in [1.54, 1.807) is 21.9 Å². The SMILES string of the molecule is O=C(Cc1csc(-c2ccccc2Cl)n1)N1CCN(C(=O)c2ccco2)CC1. The van der Waals surface area contributed by atoms with E-state index < -0.39 is 0 Å². The van der Waals surface area contributed by atoms with Crippen LogP contribution >= 0.6 is 22.9 Å². The van der Waals surface area contributed by atoms with E-state index in [0.29, 0.717) is 37.0 Å². The van der Waals surface area contributed by atoms with Gasteiger partial charge in [-0.15, -0.1) is 11.3 Å². The molecule has 3 heterocycles. The first-order valence-electron chi connectivity index (χ1n) is 8.91. The molecule has 0 unspecified atom stereocenters. The first kappa shape index (κ1) is 18.7. The zero-order chi connectivity index (χ0) is 19.5. The minimum atomic E-state index is -0.138. The molecule has 2 aromatic heterocycles. The maximum Gasteiger partial charge on any atom is 0.289 e. The van der Waals surface area contributed by atoms with Crippen LogP contribution in [0.2, 0.25) is 5.02 Å². The lowest BCUT2D eigenvalue weighted by Crippen LogP contribution is -2.50. The summed E-state index contributed by atoms with van der Waals surface area (Å²) in [4.78, 5) is 33.0. The Labute approximate surface area is 171 Å². The number of carbonyl (C=O) groups is 2. The van der Waals surface area contributed by atoms with Crippen LogP contribution in [0.15, 0.2) is 52.5 Å². The van der Waals surface area contributed by atoms with E-state index in [1.807, 2.05) is 29.6 Å². The molecule has 3 aromatic rings. The van der Waals surface area contributed by atoms with Crippen molar-refractivity contribution in [2.75, 3.05) is 26.2 Å². The molecule has 0 radical (unpaired) electrons. The summed E-state index contributed by atoms with van der Waals surface area (Å²) in [7, 11) is 0. The first-order valence-corrected chi connectivity index (χ1v) is 10.2. The van der Waals surface area contributed by atoms with Crippen LogP contribution in [0.5, 0.6) is 0 Å². The highest BCUT2D eigenvalue weighted by molar-refractivity contribution is 7.13. The number of nitrogens with zero attached hydrogens (tertiary/aromatic N) is 3. The van der Waals surface area contributed by atoms with Gasteiger partial charge < -0.3 is 14.2 Å². The summed E-state index contributed by atoms with van der Waals surface area (Å²) in [6.45, 7) is 2.00. The van der Waals surface area contributed by atoms with E-state index in [9.17, 15) is 9.59 Å². The van der Waals surface area contributed by atoms with E-state index in [0.717, 1.165) is 16.3 Å². The van der Waals surface area contributed by atoms with Crippen molar-refractivity contribution in [3.63, 3.8) is 0 Å². The summed E-state index contributed by atoms with van der Waals surface area (Å²) in [5, 5.41) is 3.35. The Kier molecular flexibility index (Phi) is 5.45. The van der Waals surface area contributed by atoms with Crippen LogP contribution < -0.4 is 0 Å². The zero-order valence-electron chi connectivity index (χ0n) is 15.0. The molecule has 1 saturated heterocycles. The number of thiazole rings is 1. The topological polar surface area (TPSA) is 66.7 Å². The highest BCUT2D eigenvalue weighted by atomic mass is 35.5. The second-order valence-corrected chi connectivity index (χ2v) is 7.72. The number of furan rings is 1. The van der Waals surface area contributed by atoms with Gasteiger partial charge in [0.05, 0.1) is 23.4 Å². The van der Waals surface area contributed by atoms with E-state index in [1.165, 1.54) is 17.6 Å². The normalized spacial score (nSPS) is 14.3. The minimum Gasteiger partial charge on any atom is -0.459 e. The fourth-order valence-corrected chi connectivity index (χ4v) is 4.27. The van der Waals surface area contributed by atoms with Gasteiger partial charge in [-0.3, -0.25) is 9.59 Å². The fourth-order valence-electron chi connectivity index (χ4n) is 3.13. The lowest BCUT2D eigenvalue weighted by atomic mass is 10.2. The van der Waals surface area contributed by atoms with Crippen molar-refractivity contribution in [1.29, 1.82) is 0 Å². The number of aromatic nitrogens is 1. The number of hydrogen-bond acceptors (Lipinski definition) is 5.